The van der Waals surface area contributed by atoms with Crippen molar-refractivity contribution in [2.45, 2.75) is 45.1 Å². The molecule has 1 fully saturated rings. The molecular weight excluding hydrogens is 535 g/mol. The summed E-state index contributed by atoms with van der Waals surface area (Å²) in [6.07, 6.45) is 4.09. The van der Waals surface area contributed by atoms with Crippen molar-refractivity contribution in [2.24, 2.45) is 0 Å². The zero-order chi connectivity index (χ0) is 27.5. The monoisotopic (exact) mass is 562 g/mol. The first-order chi connectivity index (χ1) is 18.8. The lowest BCUT2D eigenvalue weighted by Gasteiger charge is -2.12. The quantitative estimate of drug-likeness (QED) is 0.211. The topological polar surface area (TPSA) is 96.2 Å². The number of halogens is 2. The van der Waals surface area contributed by atoms with Crippen molar-refractivity contribution in [3.63, 3.8) is 0 Å². The number of phenolic OH excluding ortho intramolecular Hbond substituents is 1. The summed E-state index contributed by atoms with van der Waals surface area (Å²) >= 11 is 12.1. The minimum atomic E-state index is -0.377. The van der Waals surface area contributed by atoms with Crippen LogP contribution in [0.2, 0.25) is 10.0 Å². The van der Waals surface area contributed by atoms with Crippen LogP contribution in [0.1, 0.15) is 58.8 Å². The van der Waals surface area contributed by atoms with Gasteiger partial charge in [-0.05, 0) is 73.4 Å². The largest absolute Gasteiger partial charge is 0.507 e. The highest BCUT2D eigenvalue weighted by atomic mass is 35.5. The summed E-state index contributed by atoms with van der Waals surface area (Å²) in [5.74, 6) is -0.0561. The van der Waals surface area contributed by atoms with Gasteiger partial charge in [0.05, 0.1) is 21.4 Å². The van der Waals surface area contributed by atoms with Crippen LogP contribution < -0.4 is 10.6 Å². The van der Waals surface area contributed by atoms with Gasteiger partial charge in [0.1, 0.15) is 5.75 Å². The second-order valence-electron chi connectivity index (χ2n) is 9.76. The van der Waals surface area contributed by atoms with E-state index in [2.05, 4.69) is 15.7 Å². The van der Waals surface area contributed by atoms with Crippen LogP contribution in [0.25, 0.3) is 11.3 Å². The zero-order valence-electron chi connectivity index (χ0n) is 21.4. The summed E-state index contributed by atoms with van der Waals surface area (Å²) < 4.78 is 1.39. The molecule has 0 radical (unpaired) electrons. The molecule has 39 heavy (non-hydrogen) atoms. The molecule has 9 heteroatoms. The molecule has 4 aromatic rings. The molecule has 1 saturated carbocycles. The standard InChI is InChI=1S/C30H28Cl2N4O3/c1-18-6-2-5-9-22(18)29(38)34-21-11-13-28(37)23(15-21)26-16-27(20-7-3-4-8-20)36(35-26)30(39)33-17-19-10-12-24(31)25(32)14-19/h2,5-6,9-16,20,37H,3-4,7-8,17H2,1H3,(H,33,39)(H,34,38). The van der Waals surface area contributed by atoms with E-state index in [1.807, 2.05) is 31.2 Å². The van der Waals surface area contributed by atoms with Gasteiger partial charge < -0.3 is 15.7 Å². The lowest BCUT2D eigenvalue weighted by atomic mass is 10.0. The SMILES string of the molecule is Cc1ccccc1C(=O)Nc1ccc(O)c(-c2cc(C3CCCC3)n(C(=O)NCc3ccc(Cl)c(Cl)c3)n2)c1. The zero-order valence-corrected chi connectivity index (χ0v) is 22.9. The van der Waals surface area contributed by atoms with Gasteiger partial charge >= 0.3 is 6.03 Å². The Bertz CT molecular complexity index is 1540. The number of benzene rings is 3. The van der Waals surface area contributed by atoms with Crippen LogP contribution >= 0.6 is 23.2 Å². The van der Waals surface area contributed by atoms with Crippen molar-refractivity contribution in [2.75, 3.05) is 5.32 Å². The summed E-state index contributed by atoms with van der Waals surface area (Å²) in [5, 5.41) is 22.0. The van der Waals surface area contributed by atoms with Gasteiger partial charge in [0, 0.05) is 29.3 Å². The van der Waals surface area contributed by atoms with E-state index in [1.54, 1.807) is 36.4 Å². The summed E-state index contributed by atoms with van der Waals surface area (Å²) in [4.78, 5) is 26.1. The van der Waals surface area contributed by atoms with Crippen molar-refractivity contribution in [1.82, 2.24) is 15.1 Å². The molecule has 3 N–H and O–H groups in total. The Morgan fingerprint density at radius 1 is 1.00 bits per heavy atom. The number of aryl methyl sites for hydroxylation is 1. The normalized spacial score (nSPS) is 13.4. The first kappa shape index (κ1) is 26.8. The van der Waals surface area contributed by atoms with Crippen LogP contribution in [-0.4, -0.2) is 26.8 Å². The lowest BCUT2D eigenvalue weighted by molar-refractivity contribution is 0.102. The predicted molar refractivity (Wildman–Crippen MR) is 154 cm³/mol. The highest BCUT2D eigenvalue weighted by molar-refractivity contribution is 6.42. The molecule has 1 aliphatic carbocycles. The van der Waals surface area contributed by atoms with Gasteiger partial charge in [0.25, 0.3) is 5.91 Å². The van der Waals surface area contributed by atoms with E-state index >= 15 is 0 Å². The number of rotatable bonds is 6. The molecule has 5 rings (SSSR count). The maximum Gasteiger partial charge on any atom is 0.342 e. The van der Waals surface area contributed by atoms with Crippen molar-refractivity contribution in [3.05, 3.63) is 99.2 Å². The molecule has 3 aromatic carbocycles. The summed E-state index contributed by atoms with van der Waals surface area (Å²) in [5.41, 5.74) is 4.42. The molecule has 0 unspecified atom stereocenters. The fourth-order valence-electron chi connectivity index (χ4n) is 4.95. The number of aromatic hydroxyl groups is 1. The van der Waals surface area contributed by atoms with Crippen molar-refractivity contribution < 1.29 is 14.7 Å². The molecule has 7 nitrogen and oxygen atoms in total. The smallest absolute Gasteiger partial charge is 0.342 e. The Hall–Kier alpha value is -3.81. The average molecular weight is 563 g/mol. The number of hydrogen-bond acceptors (Lipinski definition) is 4. The minimum Gasteiger partial charge on any atom is -0.507 e. The second-order valence-corrected chi connectivity index (χ2v) is 10.6. The van der Waals surface area contributed by atoms with Gasteiger partial charge in [-0.25, -0.2) is 4.79 Å². The van der Waals surface area contributed by atoms with E-state index in [9.17, 15) is 14.7 Å². The lowest BCUT2D eigenvalue weighted by Crippen LogP contribution is -2.30. The van der Waals surface area contributed by atoms with Crippen LogP contribution in [0.15, 0.2) is 66.7 Å². The fourth-order valence-corrected chi connectivity index (χ4v) is 5.27. The van der Waals surface area contributed by atoms with Crippen LogP contribution in [-0.2, 0) is 6.54 Å². The molecule has 1 aliphatic rings. The molecule has 0 atom stereocenters. The number of hydrogen-bond donors (Lipinski definition) is 3. The van der Waals surface area contributed by atoms with Crippen molar-refractivity contribution >= 4 is 40.8 Å². The highest BCUT2D eigenvalue weighted by Gasteiger charge is 2.26. The molecule has 0 bridgehead atoms. The van der Waals surface area contributed by atoms with Crippen molar-refractivity contribution in [3.8, 4) is 17.0 Å². The van der Waals surface area contributed by atoms with E-state index in [0.717, 1.165) is 42.5 Å². The Morgan fingerprint density at radius 2 is 1.77 bits per heavy atom. The van der Waals surface area contributed by atoms with E-state index < -0.39 is 0 Å². The number of aromatic nitrogens is 2. The molecule has 2 amide bonds. The Kier molecular flexibility index (Phi) is 7.91. The number of nitrogens with zero attached hydrogens (tertiary/aromatic N) is 2. The third-order valence-corrected chi connectivity index (χ3v) is 7.79. The van der Waals surface area contributed by atoms with Gasteiger partial charge in [0.15, 0.2) is 0 Å². The van der Waals surface area contributed by atoms with Gasteiger partial charge in [0.2, 0.25) is 0 Å². The van der Waals surface area contributed by atoms with Gasteiger partial charge in [-0.1, -0.05) is 60.3 Å². The first-order valence-electron chi connectivity index (χ1n) is 12.8. The van der Waals surface area contributed by atoms with Crippen LogP contribution in [0.4, 0.5) is 10.5 Å². The van der Waals surface area contributed by atoms with Crippen molar-refractivity contribution in [1.29, 1.82) is 0 Å². The van der Waals surface area contributed by atoms with E-state index in [-0.39, 0.29) is 30.2 Å². The van der Waals surface area contributed by atoms with E-state index in [1.165, 1.54) is 10.7 Å². The highest BCUT2D eigenvalue weighted by Crippen LogP contribution is 2.38. The van der Waals surface area contributed by atoms with Gasteiger partial charge in [-0.3, -0.25) is 4.79 Å². The summed E-state index contributed by atoms with van der Waals surface area (Å²) in [7, 11) is 0. The number of amides is 2. The van der Waals surface area contributed by atoms with Gasteiger partial charge in [-0.15, -0.1) is 0 Å². The first-order valence-corrected chi connectivity index (χ1v) is 13.6. The number of nitrogens with one attached hydrogen (secondary N) is 2. The van der Waals surface area contributed by atoms with Crippen LogP contribution in [0.5, 0.6) is 5.75 Å². The molecule has 0 aliphatic heterocycles. The maximum atomic E-state index is 13.3. The summed E-state index contributed by atoms with van der Waals surface area (Å²) in [6, 6.07) is 18.8. The molecule has 0 saturated heterocycles. The Morgan fingerprint density at radius 3 is 2.51 bits per heavy atom. The maximum absolute atomic E-state index is 13.3. The Labute approximate surface area is 236 Å². The van der Waals surface area contributed by atoms with Crippen LogP contribution in [0.3, 0.4) is 0 Å². The van der Waals surface area contributed by atoms with Gasteiger partial charge in [-0.2, -0.15) is 9.78 Å². The number of carbonyl (C=O) groups excluding carboxylic acids is 2. The minimum absolute atomic E-state index is 0.00252. The third kappa shape index (κ3) is 5.95. The predicted octanol–water partition coefficient (Wildman–Crippen LogP) is 7.54. The summed E-state index contributed by atoms with van der Waals surface area (Å²) in [6.45, 7) is 2.13. The van der Waals surface area contributed by atoms with Crippen LogP contribution in [0, 0.1) is 6.92 Å². The number of phenols is 1. The number of anilines is 1. The van der Waals surface area contributed by atoms with E-state index in [0.29, 0.717) is 32.6 Å². The molecular formula is C30H28Cl2N4O3. The fraction of sp³-hybridized carbons (Fsp3) is 0.233. The second kappa shape index (κ2) is 11.5. The van der Waals surface area contributed by atoms with E-state index in [4.69, 9.17) is 23.2 Å². The Balaban J connectivity index is 1.42. The third-order valence-electron chi connectivity index (χ3n) is 7.05. The molecule has 200 valence electrons. The molecule has 1 heterocycles. The number of carbonyl (C=O) groups is 2. The molecule has 0 spiro atoms. The average Bonchev–Trinajstić information content (AvgIpc) is 3.61. The molecule has 1 aromatic heterocycles.